The van der Waals surface area contributed by atoms with Gasteiger partial charge in [-0.3, -0.25) is 9.59 Å². The minimum Gasteiger partial charge on any atom is -0.449 e. The van der Waals surface area contributed by atoms with Crippen LogP contribution in [0.4, 0.5) is 0 Å². The second-order valence-corrected chi connectivity index (χ2v) is 8.97. The number of sulfonamides is 1. The van der Waals surface area contributed by atoms with Crippen LogP contribution < -0.4 is 5.73 Å². The van der Waals surface area contributed by atoms with E-state index in [2.05, 4.69) is 0 Å². The smallest absolute Gasteiger partial charge is 0.338 e. The quantitative estimate of drug-likeness (QED) is 0.657. The molecule has 1 fully saturated rings. The molecule has 0 radical (unpaired) electrons. The maximum absolute atomic E-state index is 12.7. The summed E-state index contributed by atoms with van der Waals surface area (Å²) >= 11 is 0. The molecular weight excluding hydrogens is 422 g/mol. The van der Waals surface area contributed by atoms with Crippen LogP contribution in [0.3, 0.4) is 0 Å². The number of hydrogen-bond acceptors (Lipinski definition) is 6. The number of carbonyl (C=O) groups is 3. The van der Waals surface area contributed by atoms with Crippen molar-refractivity contribution in [2.75, 3.05) is 26.2 Å². The van der Waals surface area contributed by atoms with Crippen molar-refractivity contribution in [1.29, 1.82) is 0 Å². The van der Waals surface area contributed by atoms with Crippen molar-refractivity contribution in [2.24, 2.45) is 5.73 Å². The molecule has 1 atom stereocenters. The van der Waals surface area contributed by atoms with Gasteiger partial charge >= 0.3 is 5.97 Å². The molecule has 1 saturated heterocycles. The second-order valence-electron chi connectivity index (χ2n) is 7.03. The summed E-state index contributed by atoms with van der Waals surface area (Å²) < 4.78 is 32.0. The number of rotatable bonds is 6. The first-order valence-corrected chi connectivity index (χ1v) is 11.1. The van der Waals surface area contributed by atoms with E-state index in [9.17, 15) is 22.8 Å². The molecule has 0 bridgehead atoms. The van der Waals surface area contributed by atoms with Gasteiger partial charge in [0.1, 0.15) is 0 Å². The zero-order chi connectivity index (χ0) is 22.6. The van der Waals surface area contributed by atoms with Crippen LogP contribution in [-0.4, -0.2) is 67.7 Å². The van der Waals surface area contributed by atoms with E-state index in [0.29, 0.717) is 0 Å². The van der Waals surface area contributed by atoms with Crippen molar-refractivity contribution < 1.29 is 27.5 Å². The first kappa shape index (κ1) is 22.4. The molecule has 0 saturated carbocycles. The molecule has 3 rings (SSSR count). The van der Waals surface area contributed by atoms with Gasteiger partial charge in [0.2, 0.25) is 15.9 Å². The summed E-state index contributed by atoms with van der Waals surface area (Å²) in [5.41, 5.74) is 5.60. The van der Waals surface area contributed by atoms with E-state index in [4.69, 9.17) is 10.5 Å². The Bertz CT molecular complexity index is 1060. The molecule has 1 unspecified atom stereocenters. The van der Waals surface area contributed by atoms with E-state index in [-0.39, 0.29) is 42.2 Å². The molecule has 2 amide bonds. The van der Waals surface area contributed by atoms with Gasteiger partial charge < -0.3 is 15.4 Å². The third-order valence-electron chi connectivity index (χ3n) is 4.97. The normalized spacial score (nSPS) is 15.8. The third kappa shape index (κ3) is 5.09. The third-order valence-corrected chi connectivity index (χ3v) is 6.88. The molecular formula is C21H23N3O6S. The van der Waals surface area contributed by atoms with Crippen LogP contribution in [0.1, 0.15) is 27.6 Å². The Morgan fingerprint density at radius 1 is 0.903 bits per heavy atom. The maximum Gasteiger partial charge on any atom is 0.338 e. The molecule has 1 aliphatic rings. The van der Waals surface area contributed by atoms with Crippen LogP contribution >= 0.6 is 0 Å². The first-order valence-electron chi connectivity index (χ1n) is 9.65. The summed E-state index contributed by atoms with van der Waals surface area (Å²) in [6, 6.07) is 13.7. The minimum absolute atomic E-state index is 0.151. The Labute approximate surface area is 180 Å². The van der Waals surface area contributed by atoms with Crippen LogP contribution in [-0.2, 0) is 19.6 Å². The van der Waals surface area contributed by atoms with Gasteiger partial charge in [0.15, 0.2) is 6.10 Å². The van der Waals surface area contributed by atoms with Gasteiger partial charge in [-0.15, -0.1) is 0 Å². The molecule has 0 aromatic heterocycles. The van der Waals surface area contributed by atoms with Gasteiger partial charge in [-0.1, -0.05) is 18.2 Å². The summed E-state index contributed by atoms with van der Waals surface area (Å²) in [6.45, 7) is 2.15. The number of primary amides is 1. The molecule has 1 aliphatic heterocycles. The standard InChI is InChI=1S/C21H23N3O6S/c1-15(30-21(27)17-9-7-16(8-10-17)19(22)25)20(26)23-11-13-24(14-12-23)31(28,29)18-5-3-2-4-6-18/h2-10,15H,11-14H2,1H3,(H2,22,25). The van der Waals surface area contributed by atoms with Crippen molar-refractivity contribution >= 4 is 27.8 Å². The molecule has 0 spiro atoms. The summed E-state index contributed by atoms with van der Waals surface area (Å²) in [4.78, 5) is 37.7. The number of nitrogens with zero attached hydrogens (tertiary/aromatic N) is 2. The monoisotopic (exact) mass is 445 g/mol. The van der Waals surface area contributed by atoms with E-state index in [1.165, 1.54) is 52.5 Å². The number of ether oxygens (including phenoxy) is 1. The zero-order valence-corrected chi connectivity index (χ0v) is 17.7. The van der Waals surface area contributed by atoms with E-state index < -0.39 is 33.9 Å². The fourth-order valence-electron chi connectivity index (χ4n) is 3.20. The molecule has 31 heavy (non-hydrogen) atoms. The summed E-state index contributed by atoms with van der Waals surface area (Å²) in [6.07, 6.45) is -1.04. The lowest BCUT2D eigenvalue weighted by Gasteiger charge is -2.35. The van der Waals surface area contributed by atoms with Gasteiger partial charge in [0, 0.05) is 31.7 Å². The van der Waals surface area contributed by atoms with Crippen molar-refractivity contribution in [3.8, 4) is 0 Å². The van der Waals surface area contributed by atoms with E-state index >= 15 is 0 Å². The predicted octanol–water partition coefficient (Wildman–Crippen LogP) is 0.864. The van der Waals surface area contributed by atoms with E-state index in [1.54, 1.807) is 18.2 Å². The molecule has 1 heterocycles. The number of hydrogen-bond donors (Lipinski definition) is 1. The Kier molecular flexibility index (Phi) is 6.71. The van der Waals surface area contributed by atoms with Gasteiger partial charge in [0.05, 0.1) is 10.5 Å². The summed E-state index contributed by atoms with van der Waals surface area (Å²) in [5.74, 6) is -1.72. The van der Waals surface area contributed by atoms with Gasteiger partial charge in [-0.2, -0.15) is 4.31 Å². The minimum atomic E-state index is -3.62. The van der Waals surface area contributed by atoms with Crippen LogP contribution in [0.5, 0.6) is 0 Å². The molecule has 2 aromatic rings. The first-order chi connectivity index (χ1) is 14.7. The van der Waals surface area contributed by atoms with Crippen molar-refractivity contribution in [2.45, 2.75) is 17.9 Å². The lowest BCUT2D eigenvalue weighted by molar-refractivity contribution is -0.141. The molecule has 2 N–H and O–H groups in total. The number of benzene rings is 2. The summed E-state index contributed by atoms with van der Waals surface area (Å²) in [7, 11) is -3.62. The number of esters is 1. The number of carbonyl (C=O) groups excluding carboxylic acids is 3. The van der Waals surface area contributed by atoms with Gasteiger partial charge in [-0.05, 0) is 43.3 Å². The highest BCUT2D eigenvalue weighted by atomic mass is 32.2. The molecule has 9 nitrogen and oxygen atoms in total. The molecule has 10 heteroatoms. The topological polar surface area (TPSA) is 127 Å². The Morgan fingerprint density at radius 2 is 1.45 bits per heavy atom. The SMILES string of the molecule is CC(OC(=O)c1ccc(C(N)=O)cc1)C(=O)N1CCN(S(=O)(=O)c2ccccc2)CC1. The lowest BCUT2D eigenvalue weighted by atomic mass is 10.1. The average Bonchev–Trinajstić information content (AvgIpc) is 2.79. The highest BCUT2D eigenvalue weighted by molar-refractivity contribution is 7.89. The maximum atomic E-state index is 12.7. The molecule has 0 aliphatic carbocycles. The summed E-state index contributed by atoms with van der Waals surface area (Å²) in [5, 5.41) is 0. The Hall–Kier alpha value is -3.24. The zero-order valence-electron chi connectivity index (χ0n) is 16.9. The van der Waals surface area contributed by atoms with Crippen LogP contribution in [0, 0.1) is 0 Å². The van der Waals surface area contributed by atoms with Gasteiger partial charge in [-0.25, -0.2) is 13.2 Å². The van der Waals surface area contributed by atoms with Gasteiger partial charge in [0.25, 0.3) is 5.91 Å². The van der Waals surface area contributed by atoms with Crippen LogP contribution in [0.2, 0.25) is 0 Å². The number of piperazine rings is 1. The van der Waals surface area contributed by atoms with Crippen LogP contribution in [0.15, 0.2) is 59.5 Å². The van der Waals surface area contributed by atoms with Crippen LogP contribution in [0.25, 0.3) is 0 Å². The largest absolute Gasteiger partial charge is 0.449 e. The van der Waals surface area contributed by atoms with E-state index in [1.807, 2.05) is 0 Å². The Balaban J connectivity index is 1.56. The average molecular weight is 445 g/mol. The second kappa shape index (κ2) is 9.27. The van der Waals surface area contributed by atoms with Crippen molar-refractivity contribution in [1.82, 2.24) is 9.21 Å². The van der Waals surface area contributed by atoms with E-state index in [0.717, 1.165) is 0 Å². The fraction of sp³-hybridized carbons (Fsp3) is 0.286. The lowest BCUT2D eigenvalue weighted by Crippen LogP contribution is -2.52. The predicted molar refractivity (Wildman–Crippen MR) is 112 cm³/mol. The highest BCUT2D eigenvalue weighted by Gasteiger charge is 2.32. The Morgan fingerprint density at radius 3 is 2.00 bits per heavy atom. The number of amides is 2. The fourth-order valence-corrected chi connectivity index (χ4v) is 4.64. The highest BCUT2D eigenvalue weighted by Crippen LogP contribution is 2.18. The molecule has 164 valence electrons. The van der Waals surface area contributed by atoms with Crippen molar-refractivity contribution in [3.63, 3.8) is 0 Å². The van der Waals surface area contributed by atoms with Crippen molar-refractivity contribution in [3.05, 3.63) is 65.7 Å². The number of nitrogens with two attached hydrogens (primary N) is 1. The molecule has 2 aromatic carbocycles.